The Morgan fingerprint density at radius 2 is 1.90 bits per heavy atom. The fourth-order valence-electron chi connectivity index (χ4n) is 3.60. The first-order valence-electron chi connectivity index (χ1n) is 10.2. The zero-order chi connectivity index (χ0) is 22.1. The average molecular weight is 452 g/mol. The van der Waals surface area contributed by atoms with Crippen LogP contribution in [0.15, 0.2) is 51.2 Å². The maximum Gasteiger partial charge on any atom is 0.294 e. The molecular formula is C24H25N3O2S2. The summed E-state index contributed by atoms with van der Waals surface area (Å²) < 4.78 is 7.03. The highest BCUT2D eigenvalue weighted by atomic mass is 32.2. The highest BCUT2D eigenvalue weighted by Gasteiger charge is 2.29. The molecule has 4 aromatic rings. The quantitative estimate of drug-likeness (QED) is 0.311. The van der Waals surface area contributed by atoms with Crippen molar-refractivity contribution in [1.82, 2.24) is 10.2 Å². The van der Waals surface area contributed by atoms with Gasteiger partial charge in [-0.2, -0.15) is 0 Å². The summed E-state index contributed by atoms with van der Waals surface area (Å²) in [5, 5.41) is 10.2. The van der Waals surface area contributed by atoms with Crippen molar-refractivity contribution < 1.29 is 9.21 Å². The standard InChI is InChI=1S/C24H25N3O2S2/c1-14(2)27(20-12-15(3)10-11-16(20)4)23(28)22-19(13-30-24-26-25-17(5)31-24)18-8-6-7-9-21(18)29-22/h6-12,14H,13H2,1-5H3. The number of carbonyl (C=O) groups is 1. The third-order valence-electron chi connectivity index (χ3n) is 5.10. The van der Waals surface area contributed by atoms with E-state index in [2.05, 4.69) is 28.4 Å². The number of thioether (sulfide) groups is 1. The molecule has 0 bridgehead atoms. The number of aryl methyl sites for hydroxylation is 3. The number of anilines is 1. The Labute approximate surface area is 190 Å². The second-order valence-corrected chi connectivity index (χ2v) is 10.2. The van der Waals surface area contributed by atoms with Crippen LogP contribution in [0.2, 0.25) is 0 Å². The molecule has 7 heteroatoms. The maximum atomic E-state index is 13.9. The van der Waals surface area contributed by atoms with Crippen LogP contribution in [-0.4, -0.2) is 22.1 Å². The van der Waals surface area contributed by atoms with Gasteiger partial charge in [0, 0.05) is 28.4 Å². The highest BCUT2D eigenvalue weighted by Crippen LogP contribution is 2.35. The number of fused-ring (bicyclic) bond motifs is 1. The van der Waals surface area contributed by atoms with Gasteiger partial charge in [-0.05, 0) is 57.9 Å². The molecule has 2 heterocycles. The van der Waals surface area contributed by atoms with Gasteiger partial charge in [-0.15, -0.1) is 10.2 Å². The summed E-state index contributed by atoms with van der Waals surface area (Å²) in [6.45, 7) is 10.1. The van der Waals surface area contributed by atoms with Crippen molar-refractivity contribution in [2.24, 2.45) is 0 Å². The summed E-state index contributed by atoms with van der Waals surface area (Å²) in [6, 6.07) is 14.0. The van der Waals surface area contributed by atoms with Crippen LogP contribution >= 0.6 is 23.1 Å². The molecule has 0 aliphatic rings. The number of aromatic nitrogens is 2. The van der Waals surface area contributed by atoms with E-state index >= 15 is 0 Å². The normalized spacial score (nSPS) is 11.4. The van der Waals surface area contributed by atoms with Gasteiger partial charge in [0.25, 0.3) is 5.91 Å². The molecule has 0 fully saturated rings. The molecule has 0 atom stereocenters. The number of nitrogens with zero attached hydrogens (tertiary/aromatic N) is 3. The molecule has 0 radical (unpaired) electrons. The Hall–Kier alpha value is -2.64. The third-order valence-corrected chi connectivity index (χ3v) is 7.10. The van der Waals surface area contributed by atoms with E-state index in [4.69, 9.17) is 4.42 Å². The first-order valence-corrected chi connectivity index (χ1v) is 12.0. The van der Waals surface area contributed by atoms with Gasteiger partial charge in [-0.1, -0.05) is 53.4 Å². The Kier molecular flexibility index (Phi) is 6.16. The minimum Gasteiger partial charge on any atom is -0.451 e. The van der Waals surface area contributed by atoms with Crippen molar-refractivity contribution in [3.05, 3.63) is 69.9 Å². The van der Waals surface area contributed by atoms with Gasteiger partial charge in [0.1, 0.15) is 10.6 Å². The van der Waals surface area contributed by atoms with Crippen molar-refractivity contribution in [3.63, 3.8) is 0 Å². The lowest BCUT2D eigenvalue weighted by atomic mass is 10.1. The molecule has 4 rings (SSSR count). The fourth-order valence-corrected chi connectivity index (χ4v) is 5.44. The minimum absolute atomic E-state index is 0.0208. The summed E-state index contributed by atoms with van der Waals surface area (Å²) in [6.07, 6.45) is 0. The molecule has 0 aliphatic heterocycles. The molecule has 0 N–H and O–H groups in total. The van der Waals surface area contributed by atoms with Crippen LogP contribution in [-0.2, 0) is 5.75 Å². The smallest absolute Gasteiger partial charge is 0.294 e. The molecule has 1 amide bonds. The van der Waals surface area contributed by atoms with Gasteiger partial charge in [0.15, 0.2) is 10.1 Å². The van der Waals surface area contributed by atoms with E-state index in [1.165, 1.54) is 0 Å². The number of hydrogen-bond acceptors (Lipinski definition) is 6. The van der Waals surface area contributed by atoms with Crippen LogP contribution in [0.3, 0.4) is 0 Å². The monoisotopic (exact) mass is 451 g/mol. The predicted molar refractivity (Wildman–Crippen MR) is 128 cm³/mol. The molecule has 0 saturated heterocycles. The van der Waals surface area contributed by atoms with E-state index < -0.39 is 0 Å². The highest BCUT2D eigenvalue weighted by molar-refractivity contribution is 8.00. The molecule has 31 heavy (non-hydrogen) atoms. The summed E-state index contributed by atoms with van der Waals surface area (Å²) >= 11 is 3.14. The van der Waals surface area contributed by atoms with Gasteiger partial charge in [0.05, 0.1) is 0 Å². The van der Waals surface area contributed by atoms with E-state index in [9.17, 15) is 4.79 Å². The maximum absolute atomic E-state index is 13.9. The lowest BCUT2D eigenvalue weighted by Gasteiger charge is -2.28. The molecular weight excluding hydrogens is 426 g/mol. The molecule has 2 aromatic heterocycles. The summed E-state index contributed by atoms with van der Waals surface area (Å²) in [5.74, 6) is 0.860. The SMILES string of the molecule is Cc1ccc(C)c(N(C(=O)c2oc3ccccc3c2CSc2nnc(C)s2)C(C)C)c1. The zero-order valence-corrected chi connectivity index (χ0v) is 19.9. The summed E-state index contributed by atoms with van der Waals surface area (Å²) in [5.41, 5.74) is 4.71. The number of hydrogen-bond donors (Lipinski definition) is 0. The predicted octanol–water partition coefficient (Wildman–Crippen LogP) is 6.56. The van der Waals surface area contributed by atoms with E-state index in [1.54, 1.807) is 23.1 Å². The molecule has 5 nitrogen and oxygen atoms in total. The Morgan fingerprint density at radius 3 is 2.61 bits per heavy atom. The first-order chi connectivity index (χ1) is 14.8. The van der Waals surface area contributed by atoms with Crippen molar-refractivity contribution in [3.8, 4) is 0 Å². The van der Waals surface area contributed by atoms with Gasteiger partial charge in [-0.25, -0.2) is 0 Å². The fraction of sp³-hybridized carbons (Fsp3) is 0.292. The third kappa shape index (κ3) is 4.38. The van der Waals surface area contributed by atoms with Crippen molar-refractivity contribution in [1.29, 1.82) is 0 Å². The summed E-state index contributed by atoms with van der Waals surface area (Å²) in [7, 11) is 0. The number of furan rings is 1. The number of rotatable bonds is 6. The second kappa shape index (κ2) is 8.85. The second-order valence-electron chi connectivity index (χ2n) is 7.84. The van der Waals surface area contributed by atoms with Gasteiger partial charge < -0.3 is 9.32 Å². The lowest BCUT2D eigenvalue weighted by molar-refractivity contribution is 0.0954. The molecule has 160 valence electrons. The van der Waals surface area contributed by atoms with E-state index in [0.717, 1.165) is 42.7 Å². The van der Waals surface area contributed by atoms with Crippen LogP contribution < -0.4 is 4.90 Å². The molecule has 0 saturated carbocycles. The van der Waals surface area contributed by atoms with Crippen molar-refractivity contribution >= 4 is 45.7 Å². The Bertz CT molecular complexity index is 1240. The minimum atomic E-state index is -0.121. The Morgan fingerprint density at radius 1 is 1.13 bits per heavy atom. The topological polar surface area (TPSA) is 59.2 Å². The van der Waals surface area contributed by atoms with Gasteiger partial charge >= 0.3 is 0 Å². The number of para-hydroxylation sites is 1. The molecule has 0 unspecified atom stereocenters. The number of benzene rings is 2. The Balaban J connectivity index is 1.78. The van der Waals surface area contributed by atoms with Crippen molar-refractivity contribution in [2.45, 2.75) is 50.8 Å². The van der Waals surface area contributed by atoms with E-state index in [0.29, 0.717) is 11.5 Å². The number of carbonyl (C=O) groups excluding carboxylic acids is 1. The van der Waals surface area contributed by atoms with E-state index in [-0.39, 0.29) is 11.9 Å². The van der Waals surface area contributed by atoms with Crippen molar-refractivity contribution in [2.75, 3.05) is 4.90 Å². The van der Waals surface area contributed by atoms with Gasteiger partial charge in [0.2, 0.25) is 0 Å². The van der Waals surface area contributed by atoms with Crippen LogP contribution in [0, 0.1) is 20.8 Å². The first kappa shape index (κ1) is 21.6. The zero-order valence-electron chi connectivity index (χ0n) is 18.3. The molecule has 2 aromatic carbocycles. The average Bonchev–Trinajstić information content (AvgIpc) is 3.32. The van der Waals surface area contributed by atoms with Crippen LogP contribution in [0.1, 0.15) is 46.1 Å². The molecule has 0 spiro atoms. The summed E-state index contributed by atoms with van der Waals surface area (Å²) in [4.78, 5) is 15.7. The number of amides is 1. The van der Waals surface area contributed by atoms with Crippen LogP contribution in [0.25, 0.3) is 11.0 Å². The lowest BCUT2D eigenvalue weighted by Crippen LogP contribution is -2.37. The van der Waals surface area contributed by atoms with Gasteiger partial charge in [-0.3, -0.25) is 4.79 Å². The largest absolute Gasteiger partial charge is 0.451 e. The molecule has 0 aliphatic carbocycles. The van der Waals surface area contributed by atoms with Crippen LogP contribution in [0.4, 0.5) is 5.69 Å². The van der Waals surface area contributed by atoms with Crippen LogP contribution in [0.5, 0.6) is 0 Å². The van der Waals surface area contributed by atoms with E-state index in [1.807, 2.05) is 63.8 Å².